The van der Waals surface area contributed by atoms with Crippen LogP contribution in [0, 0.1) is 5.92 Å². The van der Waals surface area contributed by atoms with Gasteiger partial charge in [0.15, 0.2) is 5.16 Å². The standard InChI is InChI=1S/C23H28N6S2/c1-14-10-11-18-17(13-14)19-20-24-15(2)27-29(20)22-25-26-23(28(22)21(19)31-18)30-12-6-9-16-7-4-3-5-8-16/h3-5,7-8,14-15,20,24,27H,6,9-13H2,1-2H3/t14-,15?,20?/m0/s1. The van der Waals surface area contributed by atoms with Gasteiger partial charge in [0.25, 0.3) is 0 Å². The molecule has 1 aromatic carbocycles. The second kappa shape index (κ2) is 7.92. The molecule has 3 atom stereocenters. The second-order valence-corrected chi connectivity index (χ2v) is 11.1. The Morgan fingerprint density at radius 3 is 2.94 bits per heavy atom. The van der Waals surface area contributed by atoms with Crippen LogP contribution in [-0.4, -0.2) is 26.7 Å². The predicted octanol–water partition coefficient (Wildman–Crippen LogP) is 4.45. The Hall–Kier alpha value is -1.87. The molecular weight excluding hydrogens is 424 g/mol. The number of fused-ring (bicyclic) bond motifs is 8. The fourth-order valence-corrected chi connectivity index (χ4v) is 7.31. The van der Waals surface area contributed by atoms with Crippen molar-refractivity contribution in [2.45, 2.75) is 63.4 Å². The van der Waals surface area contributed by atoms with Gasteiger partial charge in [0.1, 0.15) is 11.2 Å². The molecule has 0 spiro atoms. The highest BCUT2D eigenvalue weighted by atomic mass is 32.2. The van der Waals surface area contributed by atoms with E-state index in [1.807, 2.05) is 23.1 Å². The van der Waals surface area contributed by atoms with Crippen LogP contribution in [0.25, 0.3) is 5.00 Å². The first-order valence-corrected chi connectivity index (χ1v) is 13.1. The van der Waals surface area contributed by atoms with Gasteiger partial charge in [0, 0.05) is 16.2 Å². The minimum Gasteiger partial charge on any atom is -0.276 e. The van der Waals surface area contributed by atoms with Crippen molar-refractivity contribution in [2.75, 3.05) is 10.8 Å². The molecule has 8 heteroatoms. The van der Waals surface area contributed by atoms with Crippen LogP contribution in [0.4, 0.5) is 5.95 Å². The minimum absolute atomic E-state index is 0.142. The normalized spacial score (nSPS) is 23.9. The molecule has 2 unspecified atom stereocenters. The zero-order valence-electron chi connectivity index (χ0n) is 18.0. The van der Waals surface area contributed by atoms with Gasteiger partial charge in [-0.3, -0.25) is 10.3 Å². The van der Waals surface area contributed by atoms with Crippen molar-refractivity contribution in [3.05, 3.63) is 51.9 Å². The molecule has 31 heavy (non-hydrogen) atoms. The number of hydrazine groups is 1. The number of aryl methyl sites for hydroxylation is 2. The van der Waals surface area contributed by atoms with Crippen molar-refractivity contribution >= 4 is 29.0 Å². The van der Waals surface area contributed by atoms with Crippen LogP contribution < -0.4 is 15.8 Å². The third-order valence-corrected chi connectivity index (χ3v) is 8.83. The summed E-state index contributed by atoms with van der Waals surface area (Å²) in [5.74, 6) is 2.70. The van der Waals surface area contributed by atoms with Gasteiger partial charge >= 0.3 is 0 Å². The van der Waals surface area contributed by atoms with E-state index in [1.54, 1.807) is 10.4 Å². The molecular formula is C23H28N6S2. The second-order valence-electron chi connectivity index (χ2n) is 8.92. The molecule has 1 saturated heterocycles. The lowest BCUT2D eigenvalue weighted by molar-refractivity contribution is 0.493. The van der Waals surface area contributed by atoms with Crippen LogP contribution in [0.3, 0.4) is 0 Å². The monoisotopic (exact) mass is 452 g/mol. The van der Waals surface area contributed by atoms with Gasteiger partial charge < -0.3 is 0 Å². The van der Waals surface area contributed by atoms with Crippen LogP contribution in [0.15, 0.2) is 35.5 Å². The van der Waals surface area contributed by atoms with Gasteiger partial charge in [-0.05, 0) is 56.1 Å². The average Bonchev–Trinajstić information content (AvgIpc) is 3.46. The maximum atomic E-state index is 4.62. The predicted molar refractivity (Wildman–Crippen MR) is 127 cm³/mol. The Bertz CT molecular complexity index is 1090. The first-order valence-electron chi connectivity index (χ1n) is 11.3. The van der Waals surface area contributed by atoms with E-state index in [0.717, 1.165) is 35.6 Å². The highest BCUT2D eigenvalue weighted by Gasteiger charge is 2.43. The molecule has 6 rings (SSSR count). The minimum atomic E-state index is 0.142. The van der Waals surface area contributed by atoms with Crippen molar-refractivity contribution in [2.24, 2.45) is 5.92 Å². The maximum Gasteiger partial charge on any atom is 0.249 e. The van der Waals surface area contributed by atoms with Crippen LogP contribution in [0.2, 0.25) is 0 Å². The molecule has 3 aromatic rings. The molecule has 0 amide bonds. The quantitative estimate of drug-likeness (QED) is 0.441. The number of rotatable bonds is 5. The molecule has 162 valence electrons. The summed E-state index contributed by atoms with van der Waals surface area (Å²) in [6, 6.07) is 10.7. The molecule has 6 nitrogen and oxygen atoms in total. The highest BCUT2D eigenvalue weighted by molar-refractivity contribution is 7.99. The smallest absolute Gasteiger partial charge is 0.249 e. The van der Waals surface area contributed by atoms with Crippen molar-refractivity contribution < 1.29 is 0 Å². The molecule has 3 aliphatic rings. The number of nitrogens with zero attached hydrogens (tertiary/aromatic N) is 4. The number of anilines is 1. The van der Waals surface area contributed by atoms with Crippen LogP contribution >= 0.6 is 23.1 Å². The summed E-state index contributed by atoms with van der Waals surface area (Å²) in [6.07, 6.45) is 6.24. The van der Waals surface area contributed by atoms with Crippen LogP contribution in [0.1, 0.15) is 54.4 Å². The molecule has 2 N–H and O–H groups in total. The maximum absolute atomic E-state index is 4.62. The Morgan fingerprint density at radius 1 is 1.19 bits per heavy atom. The van der Waals surface area contributed by atoms with E-state index < -0.39 is 0 Å². The Labute approximate surface area is 191 Å². The Morgan fingerprint density at radius 2 is 2.06 bits per heavy atom. The lowest BCUT2D eigenvalue weighted by Crippen LogP contribution is -2.40. The third kappa shape index (κ3) is 3.40. The van der Waals surface area contributed by atoms with Crippen LogP contribution in [0.5, 0.6) is 0 Å². The number of nitrogens with one attached hydrogen (secondary N) is 2. The lowest BCUT2D eigenvalue weighted by Gasteiger charge is -2.31. The summed E-state index contributed by atoms with van der Waals surface area (Å²) in [5, 5.41) is 17.5. The number of aromatic nitrogens is 3. The molecule has 0 bridgehead atoms. The first-order chi connectivity index (χ1) is 15.2. The molecule has 4 heterocycles. The van der Waals surface area contributed by atoms with E-state index >= 15 is 0 Å². The van der Waals surface area contributed by atoms with E-state index in [9.17, 15) is 0 Å². The zero-order chi connectivity index (χ0) is 20.9. The van der Waals surface area contributed by atoms with Gasteiger partial charge in [-0.1, -0.05) is 49.0 Å². The summed E-state index contributed by atoms with van der Waals surface area (Å²) < 4.78 is 2.30. The molecule has 2 aromatic heterocycles. The van der Waals surface area contributed by atoms with Crippen LogP contribution in [-0.2, 0) is 19.3 Å². The van der Waals surface area contributed by atoms with E-state index in [0.29, 0.717) is 0 Å². The van der Waals surface area contributed by atoms with Crippen molar-refractivity contribution in [3.63, 3.8) is 0 Å². The molecule has 0 radical (unpaired) electrons. The fraction of sp³-hybridized carbons (Fsp3) is 0.478. The lowest BCUT2D eigenvalue weighted by atomic mass is 9.87. The molecule has 0 saturated carbocycles. The molecule has 1 aliphatic carbocycles. The van der Waals surface area contributed by atoms with E-state index in [-0.39, 0.29) is 12.3 Å². The number of hydrogen-bond donors (Lipinski definition) is 2. The number of thiophene rings is 1. The van der Waals surface area contributed by atoms with E-state index in [4.69, 9.17) is 0 Å². The summed E-state index contributed by atoms with van der Waals surface area (Å²) in [5.41, 5.74) is 7.97. The van der Waals surface area contributed by atoms with Gasteiger partial charge in [-0.15, -0.1) is 21.5 Å². The summed E-state index contributed by atoms with van der Waals surface area (Å²) >= 11 is 3.79. The number of hydrogen-bond acceptors (Lipinski definition) is 7. The van der Waals surface area contributed by atoms with Crippen molar-refractivity contribution in [3.8, 4) is 5.00 Å². The zero-order valence-corrected chi connectivity index (χ0v) is 19.6. The summed E-state index contributed by atoms with van der Waals surface area (Å²) in [4.78, 5) is 1.56. The number of benzene rings is 1. The fourth-order valence-electron chi connectivity index (χ4n) is 5.01. The van der Waals surface area contributed by atoms with Gasteiger partial charge in [-0.25, -0.2) is 9.99 Å². The van der Waals surface area contributed by atoms with Crippen molar-refractivity contribution in [1.29, 1.82) is 0 Å². The highest BCUT2D eigenvalue weighted by Crippen LogP contribution is 2.48. The van der Waals surface area contributed by atoms with Crippen molar-refractivity contribution in [1.82, 2.24) is 25.5 Å². The van der Waals surface area contributed by atoms with E-state index in [2.05, 4.69) is 74.7 Å². The average molecular weight is 453 g/mol. The Balaban J connectivity index is 1.31. The van der Waals surface area contributed by atoms with Gasteiger partial charge in [-0.2, -0.15) is 0 Å². The van der Waals surface area contributed by atoms with E-state index in [1.165, 1.54) is 35.4 Å². The first kappa shape index (κ1) is 19.8. The molecule has 1 fully saturated rings. The third-order valence-electron chi connectivity index (χ3n) is 6.52. The largest absolute Gasteiger partial charge is 0.276 e. The summed E-state index contributed by atoms with van der Waals surface area (Å²) in [7, 11) is 0. The van der Waals surface area contributed by atoms with Gasteiger partial charge in [0.05, 0.1) is 6.17 Å². The topological polar surface area (TPSA) is 58.0 Å². The molecule has 2 aliphatic heterocycles. The Kier molecular flexibility index (Phi) is 5.06. The summed E-state index contributed by atoms with van der Waals surface area (Å²) in [6.45, 7) is 4.55. The number of thioether (sulfide) groups is 1. The SMILES string of the molecule is CC1NC2c3c(sc4c3C[C@@H](C)CC4)-n3c(SCCCc4ccccc4)nnc3N2N1. The van der Waals surface area contributed by atoms with Gasteiger partial charge in [0.2, 0.25) is 5.95 Å².